The minimum absolute atomic E-state index is 0.0414. The summed E-state index contributed by atoms with van der Waals surface area (Å²) in [5, 5.41) is 2.17. The molecule has 9 heteroatoms. The Morgan fingerprint density at radius 1 is 1.07 bits per heavy atom. The number of thiazole rings is 1. The zero-order valence-corrected chi connectivity index (χ0v) is 17.6. The molecule has 0 fully saturated rings. The van der Waals surface area contributed by atoms with Gasteiger partial charge in [-0.05, 0) is 31.2 Å². The zero-order valence-electron chi connectivity index (χ0n) is 16.0. The summed E-state index contributed by atoms with van der Waals surface area (Å²) in [6, 6.07) is 10.3. The van der Waals surface area contributed by atoms with Crippen LogP contribution in [0.4, 0.5) is 10.8 Å². The van der Waals surface area contributed by atoms with E-state index in [1.807, 2.05) is 6.07 Å². The third-order valence-corrected chi connectivity index (χ3v) is 5.92. The number of carbonyl (C=O) groups is 3. The maximum Gasteiger partial charge on any atom is 0.348 e. The van der Waals surface area contributed by atoms with Crippen LogP contribution < -0.4 is 9.64 Å². The second-order valence-corrected chi connectivity index (χ2v) is 7.86. The molecule has 150 valence electrons. The number of rotatable bonds is 7. The molecule has 0 saturated heterocycles. The van der Waals surface area contributed by atoms with Gasteiger partial charge in [0.25, 0.3) is 0 Å². The molecule has 0 aliphatic carbocycles. The number of nitrogens with zero attached hydrogens (tertiary/aromatic N) is 2. The largest absolute Gasteiger partial charge is 0.495 e. The highest BCUT2D eigenvalue weighted by Gasteiger charge is 2.21. The molecule has 0 spiro atoms. The number of para-hydroxylation sites is 2. The Labute approximate surface area is 175 Å². The number of esters is 1. The minimum atomic E-state index is -0.523. The summed E-state index contributed by atoms with van der Waals surface area (Å²) in [6.45, 7) is 2.84. The highest BCUT2D eigenvalue weighted by atomic mass is 32.1. The van der Waals surface area contributed by atoms with Crippen molar-refractivity contribution in [3.05, 3.63) is 57.2 Å². The lowest BCUT2D eigenvalue weighted by Gasteiger charge is -2.20. The number of anilines is 2. The first-order valence-electron chi connectivity index (χ1n) is 8.56. The van der Waals surface area contributed by atoms with Crippen molar-refractivity contribution in [1.82, 2.24) is 4.98 Å². The first kappa shape index (κ1) is 20.7. The van der Waals surface area contributed by atoms with Gasteiger partial charge in [0.1, 0.15) is 17.2 Å². The van der Waals surface area contributed by atoms with Crippen LogP contribution in [-0.4, -0.2) is 29.8 Å². The fourth-order valence-electron chi connectivity index (χ4n) is 2.53. The normalized spacial score (nSPS) is 10.4. The lowest BCUT2D eigenvalue weighted by Crippen LogP contribution is -2.23. The van der Waals surface area contributed by atoms with Crippen molar-refractivity contribution < 1.29 is 23.9 Å². The number of carbonyl (C=O) groups excluding carboxylic acids is 3. The number of benzene rings is 1. The molecule has 7 nitrogen and oxygen atoms in total. The van der Waals surface area contributed by atoms with Gasteiger partial charge in [-0.3, -0.25) is 14.5 Å². The average Bonchev–Trinajstić information content (AvgIpc) is 3.36. The maximum atomic E-state index is 12.3. The SMILES string of the molecule is COc1ccccc1N(C(C)=O)c1nc(COC(=O)c2ccc(C(C)=O)s2)cs1. The molecule has 0 aliphatic rings. The van der Waals surface area contributed by atoms with Gasteiger partial charge in [-0.2, -0.15) is 0 Å². The Hall–Kier alpha value is -3.04. The standard InChI is InChI=1S/C20H18N2O5S2/c1-12(23)17-8-9-18(29-17)19(25)27-10-14-11-28-20(21-14)22(13(2)24)15-6-4-5-7-16(15)26-3/h4-9,11H,10H2,1-3H3. The van der Waals surface area contributed by atoms with Crippen molar-refractivity contribution >= 4 is 51.2 Å². The number of amides is 1. The van der Waals surface area contributed by atoms with Crippen LogP contribution in [0, 0.1) is 0 Å². The molecule has 1 aromatic carbocycles. The highest BCUT2D eigenvalue weighted by Crippen LogP contribution is 2.35. The van der Waals surface area contributed by atoms with Crippen molar-refractivity contribution in [2.75, 3.05) is 12.0 Å². The van der Waals surface area contributed by atoms with Crippen LogP contribution in [0.15, 0.2) is 41.8 Å². The Morgan fingerprint density at radius 2 is 1.79 bits per heavy atom. The average molecular weight is 431 g/mol. The smallest absolute Gasteiger partial charge is 0.348 e. The quantitative estimate of drug-likeness (QED) is 0.406. The summed E-state index contributed by atoms with van der Waals surface area (Å²) in [7, 11) is 1.53. The Kier molecular flexibility index (Phi) is 6.40. The van der Waals surface area contributed by atoms with Crippen LogP contribution >= 0.6 is 22.7 Å². The first-order valence-corrected chi connectivity index (χ1v) is 10.3. The van der Waals surface area contributed by atoms with E-state index in [-0.39, 0.29) is 18.3 Å². The molecule has 3 rings (SSSR count). The highest BCUT2D eigenvalue weighted by molar-refractivity contribution is 7.15. The van der Waals surface area contributed by atoms with Crippen LogP contribution in [0.5, 0.6) is 5.75 Å². The summed E-state index contributed by atoms with van der Waals surface area (Å²) in [5.41, 5.74) is 1.10. The number of thiophene rings is 1. The lowest BCUT2D eigenvalue weighted by atomic mass is 10.2. The minimum Gasteiger partial charge on any atom is -0.495 e. The number of ether oxygens (including phenoxy) is 2. The summed E-state index contributed by atoms with van der Waals surface area (Å²) in [5.74, 6) is -0.295. The van der Waals surface area contributed by atoms with Gasteiger partial charge < -0.3 is 9.47 Å². The van der Waals surface area contributed by atoms with Gasteiger partial charge in [0.15, 0.2) is 10.9 Å². The molecular formula is C20H18N2O5S2. The molecule has 0 atom stereocenters. The molecule has 2 aromatic heterocycles. The van der Waals surface area contributed by atoms with Gasteiger partial charge in [0.2, 0.25) is 5.91 Å². The predicted molar refractivity (Wildman–Crippen MR) is 111 cm³/mol. The van der Waals surface area contributed by atoms with Crippen molar-refractivity contribution in [3.8, 4) is 5.75 Å². The molecule has 2 heterocycles. The van der Waals surface area contributed by atoms with Crippen LogP contribution in [0.1, 0.15) is 38.9 Å². The van der Waals surface area contributed by atoms with Crippen LogP contribution in [0.25, 0.3) is 0 Å². The van der Waals surface area contributed by atoms with Gasteiger partial charge in [-0.15, -0.1) is 22.7 Å². The van der Waals surface area contributed by atoms with E-state index in [2.05, 4.69) is 4.98 Å². The Morgan fingerprint density at radius 3 is 2.45 bits per heavy atom. The second kappa shape index (κ2) is 8.97. The fourth-order valence-corrected chi connectivity index (χ4v) is 4.19. The molecule has 3 aromatic rings. The van der Waals surface area contributed by atoms with Gasteiger partial charge >= 0.3 is 5.97 Å². The maximum absolute atomic E-state index is 12.3. The van der Waals surface area contributed by atoms with Crippen molar-refractivity contribution in [1.29, 1.82) is 0 Å². The topological polar surface area (TPSA) is 85.8 Å². The molecule has 0 bridgehead atoms. The number of hydrogen-bond acceptors (Lipinski definition) is 8. The van der Waals surface area contributed by atoms with E-state index >= 15 is 0 Å². The molecule has 0 unspecified atom stereocenters. The monoisotopic (exact) mass is 430 g/mol. The van der Waals surface area contributed by atoms with E-state index in [0.717, 1.165) is 11.3 Å². The van der Waals surface area contributed by atoms with E-state index in [0.29, 0.717) is 32.0 Å². The van der Waals surface area contributed by atoms with Gasteiger partial charge in [-0.25, -0.2) is 9.78 Å². The number of ketones is 1. The summed E-state index contributed by atoms with van der Waals surface area (Å²) in [6.07, 6.45) is 0. The molecule has 0 aliphatic heterocycles. The lowest BCUT2D eigenvalue weighted by molar-refractivity contribution is -0.115. The molecular weight excluding hydrogens is 412 g/mol. The van der Waals surface area contributed by atoms with Crippen LogP contribution in [0.3, 0.4) is 0 Å². The van der Waals surface area contributed by atoms with Gasteiger partial charge in [0, 0.05) is 12.3 Å². The predicted octanol–water partition coefficient (Wildman–Crippen LogP) is 4.46. The zero-order chi connectivity index (χ0) is 21.0. The second-order valence-electron chi connectivity index (χ2n) is 5.94. The Balaban J connectivity index is 1.74. The Bertz CT molecular complexity index is 1060. The summed E-state index contributed by atoms with van der Waals surface area (Å²) in [4.78, 5) is 42.5. The summed E-state index contributed by atoms with van der Waals surface area (Å²) < 4.78 is 10.6. The molecule has 0 radical (unpaired) electrons. The van der Waals surface area contributed by atoms with Crippen LogP contribution in [0.2, 0.25) is 0 Å². The van der Waals surface area contributed by atoms with Crippen molar-refractivity contribution in [2.45, 2.75) is 20.5 Å². The van der Waals surface area contributed by atoms with E-state index in [4.69, 9.17) is 9.47 Å². The summed E-state index contributed by atoms with van der Waals surface area (Å²) >= 11 is 2.35. The van der Waals surface area contributed by atoms with Gasteiger partial charge in [-0.1, -0.05) is 12.1 Å². The molecule has 0 saturated carbocycles. The third-order valence-electron chi connectivity index (χ3n) is 3.88. The van der Waals surface area contributed by atoms with E-state index in [1.165, 1.54) is 37.2 Å². The van der Waals surface area contributed by atoms with E-state index in [1.54, 1.807) is 35.7 Å². The molecule has 1 amide bonds. The number of Topliss-reactive ketones (excluding diaryl/α,β-unsaturated/α-hetero) is 1. The first-order chi connectivity index (χ1) is 13.9. The van der Waals surface area contributed by atoms with Crippen molar-refractivity contribution in [2.24, 2.45) is 0 Å². The third kappa shape index (κ3) is 4.69. The number of methoxy groups -OCH3 is 1. The van der Waals surface area contributed by atoms with Gasteiger partial charge in [0.05, 0.1) is 23.4 Å². The molecule has 0 N–H and O–H groups in total. The number of aromatic nitrogens is 1. The molecule has 29 heavy (non-hydrogen) atoms. The van der Waals surface area contributed by atoms with Crippen LogP contribution in [-0.2, 0) is 16.1 Å². The fraction of sp³-hybridized carbons (Fsp3) is 0.200. The number of hydrogen-bond donors (Lipinski definition) is 0. The van der Waals surface area contributed by atoms with E-state index < -0.39 is 5.97 Å². The van der Waals surface area contributed by atoms with Crippen molar-refractivity contribution in [3.63, 3.8) is 0 Å². The van der Waals surface area contributed by atoms with E-state index in [9.17, 15) is 14.4 Å².